The summed E-state index contributed by atoms with van der Waals surface area (Å²) in [7, 11) is 1.88. The quantitative estimate of drug-likeness (QED) is 0.787. The molecule has 0 aliphatic rings. The van der Waals surface area contributed by atoms with Gasteiger partial charge in [-0.3, -0.25) is 4.68 Å². The summed E-state index contributed by atoms with van der Waals surface area (Å²) >= 11 is 0. The molecule has 20 heavy (non-hydrogen) atoms. The van der Waals surface area contributed by atoms with Crippen LogP contribution >= 0.6 is 0 Å². The molecule has 0 aliphatic carbocycles. The first kappa shape index (κ1) is 14.7. The largest absolute Gasteiger partial charge is 0.373 e. The van der Waals surface area contributed by atoms with E-state index in [4.69, 9.17) is 4.74 Å². The molecule has 0 saturated carbocycles. The summed E-state index contributed by atoms with van der Waals surface area (Å²) < 4.78 is 7.41. The normalized spacial score (nSPS) is 11.4. The smallest absolute Gasteiger partial charge is 0.163 e. The van der Waals surface area contributed by atoms with E-state index in [0.717, 1.165) is 36.4 Å². The third kappa shape index (κ3) is 3.45. The van der Waals surface area contributed by atoms with Gasteiger partial charge in [-0.1, -0.05) is 13.8 Å². The number of nitrogens with zero attached hydrogens (tertiary/aromatic N) is 4. The van der Waals surface area contributed by atoms with Gasteiger partial charge in [-0.2, -0.15) is 5.10 Å². The summed E-state index contributed by atoms with van der Waals surface area (Å²) in [5.41, 5.74) is 0.832. The monoisotopic (exact) mass is 277 g/mol. The molecular weight excluding hydrogens is 254 g/mol. The molecule has 0 radical (unpaired) electrons. The number of aromatic nitrogens is 4. The van der Waals surface area contributed by atoms with Crippen molar-refractivity contribution in [1.82, 2.24) is 19.7 Å². The second-order valence-corrected chi connectivity index (χ2v) is 5.26. The zero-order valence-electron chi connectivity index (χ0n) is 12.7. The van der Waals surface area contributed by atoms with Crippen LogP contribution in [0.15, 0.2) is 6.20 Å². The van der Waals surface area contributed by atoms with Crippen LogP contribution in [-0.4, -0.2) is 32.9 Å². The van der Waals surface area contributed by atoms with E-state index in [9.17, 15) is 0 Å². The number of aryl methyl sites for hydroxylation is 1. The lowest BCUT2D eigenvalue weighted by molar-refractivity contribution is 0.106. The number of fused-ring (bicyclic) bond motifs is 1. The predicted molar refractivity (Wildman–Crippen MR) is 79.6 cm³/mol. The average Bonchev–Trinajstić information content (AvgIpc) is 2.77. The fourth-order valence-electron chi connectivity index (χ4n) is 1.92. The van der Waals surface area contributed by atoms with Crippen LogP contribution in [0.3, 0.4) is 0 Å². The van der Waals surface area contributed by atoms with E-state index in [1.165, 1.54) is 0 Å². The van der Waals surface area contributed by atoms with E-state index >= 15 is 0 Å². The molecule has 0 spiro atoms. The van der Waals surface area contributed by atoms with Crippen molar-refractivity contribution < 1.29 is 4.74 Å². The fourth-order valence-corrected chi connectivity index (χ4v) is 1.92. The molecule has 2 rings (SSSR count). The first-order chi connectivity index (χ1) is 9.61. The minimum atomic E-state index is 0.437. The maximum atomic E-state index is 5.65. The number of ether oxygens (including phenoxy) is 1. The van der Waals surface area contributed by atoms with Gasteiger partial charge in [0.1, 0.15) is 12.4 Å². The molecule has 0 fully saturated rings. The van der Waals surface area contributed by atoms with Crippen LogP contribution in [0.2, 0.25) is 0 Å². The molecule has 110 valence electrons. The lowest BCUT2D eigenvalue weighted by Gasteiger charge is -2.09. The number of anilines is 1. The Morgan fingerprint density at radius 1 is 1.35 bits per heavy atom. The Hall–Kier alpha value is -1.69. The van der Waals surface area contributed by atoms with E-state index in [-0.39, 0.29) is 0 Å². The Morgan fingerprint density at radius 2 is 2.15 bits per heavy atom. The first-order valence-corrected chi connectivity index (χ1v) is 7.12. The number of hydrogen-bond donors (Lipinski definition) is 1. The van der Waals surface area contributed by atoms with Crippen molar-refractivity contribution in [3.05, 3.63) is 12.0 Å². The second kappa shape index (κ2) is 6.65. The Balaban J connectivity index is 2.14. The van der Waals surface area contributed by atoms with Gasteiger partial charge in [0.25, 0.3) is 0 Å². The molecule has 0 aliphatic heterocycles. The van der Waals surface area contributed by atoms with Crippen LogP contribution < -0.4 is 5.32 Å². The standard InChI is InChI=1S/C14H23N5O/c1-5-15-13-11-8-16-19(4)14(11)18-12(17-13)9-20-7-6-10(2)3/h8,10H,5-7,9H2,1-4H3,(H,15,17,18). The molecule has 0 saturated heterocycles. The SMILES string of the molecule is CCNc1nc(COCCC(C)C)nc2c1cnn2C. The van der Waals surface area contributed by atoms with Crippen molar-refractivity contribution in [3.8, 4) is 0 Å². The van der Waals surface area contributed by atoms with Crippen LogP contribution in [0.1, 0.15) is 33.0 Å². The molecule has 0 unspecified atom stereocenters. The van der Waals surface area contributed by atoms with Crippen molar-refractivity contribution in [2.45, 2.75) is 33.8 Å². The summed E-state index contributed by atoms with van der Waals surface area (Å²) in [4.78, 5) is 9.04. The van der Waals surface area contributed by atoms with Gasteiger partial charge in [0, 0.05) is 20.2 Å². The van der Waals surface area contributed by atoms with E-state index in [0.29, 0.717) is 18.3 Å². The molecule has 0 atom stereocenters. The maximum Gasteiger partial charge on any atom is 0.163 e. The van der Waals surface area contributed by atoms with E-state index < -0.39 is 0 Å². The highest BCUT2D eigenvalue weighted by molar-refractivity contribution is 5.86. The van der Waals surface area contributed by atoms with Gasteiger partial charge < -0.3 is 10.1 Å². The molecule has 2 aromatic heterocycles. The number of nitrogens with one attached hydrogen (secondary N) is 1. The molecule has 2 aromatic rings. The van der Waals surface area contributed by atoms with Gasteiger partial charge >= 0.3 is 0 Å². The van der Waals surface area contributed by atoms with E-state index in [1.807, 2.05) is 14.0 Å². The summed E-state index contributed by atoms with van der Waals surface area (Å²) in [5.74, 6) is 2.17. The molecular formula is C14H23N5O. The third-order valence-electron chi connectivity index (χ3n) is 3.05. The van der Waals surface area contributed by atoms with Crippen LogP contribution in [0.5, 0.6) is 0 Å². The van der Waals surface area contributed by atoms with Crippen LogP contribution in [0.25, 0.3) is 11.0 Å². The van der Waals surface area contributed by atoms with Crippen molar-refractivity contribution in [3.63, 3.8) is 0 Å². The first-order valence-electron chi connectivity index (χ1n) is 7.12. The lowest BCUT2D eigenvalue weighted by Crippen LogP contribution is -2.07. The molecule has 0 aromatic carbocycles. The number of rotatable bonds is 7. The predicted octanol–water partition coefficient (Wildman–Crippen LogP) is 2.36. The van der Waals surface area contributed by atoms with Crippen molar-refractivity contribution in [2.24, 2.45) is 13.0 Å². The summed E-state index contributed by atoms with van der Waals surface area (Å²) in [6.07, 6.45) is 2.84. The topological polar surface area (TPSA) is 64.9 Å². The summed E-state index contributed by atoms with van der Waals surface area (Å²) in [6.45, 7) is 8.40. The summed E-state index contributed by atoms with van der Waals surface area (Å²) in [5, 5.41) is 8.43. The van der Waals surface area contributed by atoms with Crippen molar-refractivity contribution >= 4 is 16.9 Å². The Labute approximate surface area is 119 Å². The minimum Gasteiger partial charge on any atom is -0.373 e. The molecule has 6 heteroatoms. The zero-order valence-corrected chi connectivity index (χ0v) is 12.7. The highest BCUT2D eigenvalue weighted by Gasteiger charge is 2.11. The van der Waals surface area contributed by atoms with Crippen molar-refractivity contribution in [1.29, 1.82) is 0 Å². The number of hydrogen-bond acceptors (Lipinski definition) is 5. The van der Waals surface area contributed by atoms with Gasteiger partial charge in [0.2, 0.25) is 0 Å². The van der Waals surface area contributed by atoms with Crippen LogP contribution in [-0.2, 0) is 18.4 Å². The van der Waals surface area contributed by atoms with E-state index in [1.54, 1.807) is 10.9 Å². The van der Waals surface area contributed by atoms with Gasteiger partial charge in [-0.15, -0.1) is 0 Å². The Bertz CT molecular complexity index is 564. The highest BCUT2D eigenvalue weighted by Crippen LogP contribution is 2.19. The Morgan fingerprint density at radius 3 is 2.85 bits per heavy atom. The summed E-state index contributed by atoms with van der Waals surface area (Å²) in [6, 6.07) is 0. The maximum absolute atomic E-state index is 5.65. The second-order valence-electron chi connectivity index (χ2n) is 5.26. The zero-order chi connectivity index (χ0) is 14.5. The lowest BCUT2D eigenvalue weighted by atomic mass is 10.1. The molecule has 1 N–H and O–H groups in total. The molecule has 0 bridgehead atoms. The van der Waals surface area contributed by atoms with Gasteiger partial charge in [0.15, 0.2) is 11.5 Å². The Kier molecular flexibility index (Phi) is 4.89. The van der Waals surface area contributed by atoms with Crippen LogP contribution in [0.4, 0.5) is 5.82 Å². The third-order valence-corrected chi connectivity index (χ3v) is 3.05. The van der Waals surface area contributed by atoms with E-state index in [2.05, 4.69) is 34.2 Å². The molecule has 6 nitrogen and oxygen atoms in total. The fraction of sp³-hybridized carbons (Fsp3) is 0.643. The minimum absolute atomic E-state index is 0.437. The van der Waals surface area contributed by atoms with Gasteiger partial charge in [-0.25, -0.2) is 9.97 Å². The van der Waals surface area contributed by atoms with Crippen LogP contribution in [0, 0.1) is 5.92 Å². The van der Waals surface area contributed by atoms with Gasteiger partial charge in [0.05, 0.1) is 11.6 Å². The molecule has 0 amide bonds. The average molecular weight is 277 g/mol. The van der Waals surface area contributed by atoms with Crippen molar-refractivity contribution in [2.75, 3.05) is 18.5 Å². The molecule has 2 heterocycles. The highest BCUT2D eigenvalue weighted by atomic mass is 16.5. The van der Waals surface area contributed by atoms with Gasteiger partial charge in [-0.05, 0) is 19.3 Å².